The van der Waals surface area contributed by atoms with Crippen molar-refractivity contribution >= 4 is 21.6 Å². The number of carbonyl (C=O) groups is 1. The van der Waals surface area contributed by atoms with Crippen molar-refractivity contribution in [2.75, 3.05) is 11.3 Å². The molecule has 0 aliphatic carbocycles. The van der Waals surface area contributed by atoms with Gasteiger partial charge in [0, 0.05) is 18.8 Å². The fourth-order valence-corrected chi connectivity index (χ4v) is 4.48. The summed E-state index contributed by atoms with van der Waals surface area (Å²) in [5.74, 6) is -2.39. The van der Waals surface area contributed by atoms with Crippen LogP contribution in [0.4, 0.5) is 14.5 Å². The van der Waals surface area contributed by atoms with Crippen LogP contribution in [0.1, 0.15) is 21.7 Å². The summed E-state index contributed by atoms with van der Waals surface area (Å²) >= 11 is 0. The predicted molar refractivity (Wildman–Crippen MR) is 101 cm³/mol. The first-order valence-corrected chi connectivity index (χ1v) is 10.2. The maximum atomic E-state index is 13.9. The van der Waals surface area contributed by atoms with Gasteiger partial charge in [0.1, 0.15) is 11.6 Å². The number of halogens is 2. The molecule has 0 bridgehead atoms. The Kier molecular flexibility index (Phi) is 4.83. The summed E-state index contributed by atoms with van der Waals surface area (Å²) < 4.78 is 60.1. The van der Waals surface area contributed by atoms with Crippen molar-refractivity contribution in [3.63, 3.8) is 0 Å². The second kappa shape index (κ2) is 7.32. The molecule has 0 saturated carbocycles. The van der Waals surface area contributed by atoms with E-state index >= 15 is 0 Å². The maximum Gasteiger partial charge on any atom is 0.289 e. The number of hydrogen-bond acceptors (Lipinski definition) is 4. The SMILES string of the molecule is O=C(c1ccco1)N1CCc2ccc(NS(=O)(=O)c3c(F)cccc3F)cc2C1. The van der Waals surface area contributed by atoms with E-state index in [0.29, 0.717) is 13.0 Å². The molecule has 2 heterocycles. The van der Waals surface area contributed by atoms with Gasteiger partial charge in [-0.25, -0.2) is 17.2 Å². The van der Waals surface area contributed by atoms with E-state index in [4.69, 9.17) is 4.42 Å². The van der Waals surface area contributed by atoms with Crippen molar-refractivity contribution < 1.29 is 26.4 Å². The summed E-state index contributed by atoms with van der Waals surface area (Å²) in [6, 6.07) is 10.9. The van der Waals surface area contributed by atoms with Gasteiger partial charge in [0.25, 0.3) is 15.9 Å². The number of fused-ring (bicyclic) bond motifs is 1. The zero-order chi connectivity index (χ0) is 20.6. The molecule has 150 valence electrons. The van der Waals surface area contributed by atoms with Crippen molar-refractivity contribution in [3.8, 4) is 0 Å². The van der Waals surface area contributed by atoms with E-state index in [1.54, 1.807) is 29.2 Å². The zero-order valence-corrected chi connectivity index (χ0v) is 15.9. The number of furan rings is 1. The molecule has 6 nitrogen and oxygen atoms in total. The predicted octanol–water partition coefficient (Wildman–Crippen LogP) is 3.56. The Balaban J connectivity index is 1.59. The van der Waals surface area contributed by atoms with Crippen molar-refractivity contribution in [1.29, 1.82) is 0 Å². The molecule has 1 amide bonds. The minimum atomic E-state index is -4.46. The number of benzene rings is 2. The third-order valence-electron chi connectivity index (χ3n) is 4.68. The van der Waals surface area contributed by atoms with Gasteiger partial charge < -0.3 is 9.32 Å². The van der Waals surface area contributed by atoms with Crippen LogP contribution in [0.15, 0.2) is 64.1 Å². The van der Waals surface area contributed by atoms with E-state index in [1.807, 2.05) is 0 Å². The standard InChI is InChI=1S/C20H16F2N2O4S/c21-16-3-1-4-17(22)19(16)29(26,27)23-15-7-6-13-8-9-24(12-14(13)11-15)20(25)18-5-2-10-28-18/h1-7,10-11,23H,8-9,12H2. The lowest BCUT2D eigenvalue weighted by atomic mass is 9.99. The van der Waals surface area contributed by atoms with Crippen LogP contribution < -0.4 is 4.72 Å². The second-order valence-electron chi connectivity index (χ2n) is 6.59. The number of anilines is 1. The highest BCUT2D eigenvalue weighted by molar-refractivity contribution is 7.92. The lowest BCUT2D eigenvalue weighted by Crippen LogP contribution is -2.35. The third-order valence-corrected chi connectivity index (χ3v) is 6.11. The average molecular weight is 418 g/mol. The Morgan fingerprint density at radius 2 is 1.79 bits per heavy atom. The van der Waals surface area contributed by atoms with Gasteiger partial charge in [-0.1, -0.05) is 12.1 Å². The van der Waals surface area contributed by atoms with Gasteiger partial charge >= 0.3 is 0 Å². The zero-order valence-electron chi connectivity index (χ0n) is 15.1. The summed E-state index contributed by atoms with van der Waals surface area (Å²) in [7, 11) is -4.46. The fourth-order valence-electron chi connectivity index (χ4n) is 3.30. The molecular weight excluding hydrogens is 402 g/mol. The molecule has 0 radical (unpaired) electrons. The summed E-state index contributed by atoms with van der Waals surface area (Å²) in [6.45, 7) is 0.760. The van der Waals surface area contributed by atoms with Gasteiger partial charge in [-0.15, -0.1) is 0 Å². The topological polar surface area (TPSA) is 79.6 Å². The number of hydrogen-bond donors (Lipinski definition) is 1. The Hall–Kier alpha value is -3.20. The number of carbonyl (C=O) groups excluding carboxylic acids is 1. The average Bonchev–Trinajstić information content (AvgIpc) is 3.21. The fraction of sp³-hybridized carbons (Fsp3) is 0.150. The lowest BCUT2D eigenvalue weighted by molar-refractivity contribution is 0.0702. The molecule has 4 rings (SSSR count). The van der Waals surface area contributed by atoms with Crippen LogP contribution in [0.3, 0.4) is 0 Å². The number of sulfonamides is 1. The highest BCUT2D eigenvalue weighted by atomic mass is 32.2. The van der Waals surface area contributed by atoms with Crippen LogP contribution in [0.5, 0.6) is 0 Å². The van der Waals surface area contributed by atoms with Crippen molar-refractivity contribution in [2.45, 2.75) is 17.9 Å². The van der Waals surface area contributed by atoms with Crippen LogP contribution in [0, 0.1) is 11.6 Å². The monoisotopic (exact) mass is 418 g/mol. The Bertz CT molecular complexity index is 1160. The first kappa shape index (κ1) is 19.1. The van der Waals surface area contributed by atoms with Gasteiger partial charge in [0.15, 0.2) is 10.7 Å². The number of amides is 1. The summed E-state index contributed by atoms with van der Waals surface area (Å²) in [4.78, 5) is 13.0. The van der Waals surface area contributed by atoms with Crippen LogP contribution in [0.25, 0.3) is 0 Å². The smallest absolute Gasteiger partial charge is 0.289 e. The van der Waals surface area contributed by atoms with Crippen LogP contribution in [0.2, 0.25) is 0 Å². The van der Waals surface area contributed by atoms with Crippen molar-refractivity contribution in [1.82, 2.24) is 4.90 Å². The normalized spacial score (nSPS) is 13.8. The maximum absolute atomic E-state index is 13.9. The van der Waals surface area contributed by atoms with Gasteiger partial charge in [-0.05, 0) is 53.9 Å². The molecule has 9 heteroatoms. The van der Waals surface area contributed by atoms with E-state index < -0.39 is 26.6 Å². The van der Waals surface area contributed by atoms with Gasteiger partial charge in [0.2, 0.25) is 0 Å². The minimum absolute atomic E-state index is 0.152. The van der Waals surface area contributed by atoms with Crippen molar-refractivity contribution in [2.24, 2.45) is 0 Å². The van der Waals surface area contributed by atoms with E-state index in [9.17, 15) is 22.0 Å². The van der Waals surface area contributed by atoms with Crippen LogP contribution in [-0.2, 0) is 23.0 Å². The number of rotatable bonds is 4. The summed E-state index contributed by atoms with van der Waals surface area (Å²) in [5.41, 5.74) is 1.86. The molecular formula is C20H16F2N2O4S. The van der Waals surface area contributed by atoms with Crippen LogP contribution in [-0.4, -0.2) is 25.8 Å². The highest BCUT2D eigenvalue weighted by Gasteiger charge is 2.26. The number of nitrogens with one attached hydrogen (secondary N) is 1. The van der Waals surface area contributed by atoms with E-state index in [-0.39, 0.29) is 23.9 Å². The molecule has 1 N–H and O–H groups in total. The Morgan fingerprint density at radius 1 is 1.03 bits per heavy atom. The molecule has 29 heavy (non-hydrogen) atoms. The molecule has 0 atom stereocenters. The molecule has 1 aromatic heterocycles. The summed E-state index contributed by atoms with van der Waals surface area (Å²) in [6.07, 6.45) is 2.01. The van der Waals surface area contributed by atoms with E-state index in [1.165, 1.54) is 12.3 Å². The minimum Gasteiger partial charge on any atom is -0.459 e. The lowest BCUT2D eigenvalue weighted by Gasteiger charge is -2.28. The molecule has 0 spiro atoms. The molecule has 2 aromatic carbocycles. The molecule has 1 aliphatic heterocycles. The van der Waals surface area contributed by atoms with E-state index in [2.05, 4.69) is 4.72 Å². The van der Waals surface area contributed by atoms with Gasteiger partial charge in [-0.3, -0.25) is 9.52 Å². The molecule has 0 fully saturated rings. The molecule has 1 aliphatic rings. The first-order valence-electron chi connectivity index (χ1n) is 8.76. The molecule has 0 unspecified atom stereocenters. The Labute approximate surface area is 165 Å². The largest absolute Gasteiger partial charge is 0.459 e. The quantitative estimate of drug-likeness (QED) is 0.703. The van der Waals surface area contributed by atoms with Gasteiger partial charge in [-0.2, -0.15) is 0 Å². The highest BCUT2D eigenvalue weighted by Crippen LogP contribution is 2.27. The van der Waals surface area contributed by atoms with E-state index in [0.717, 1.165) is 29.3 Å². The van der Waals surface area contributed by atoms with Crippen molar-refractivity contribution in [3.05, 3.63) is 83.3 Å². The Morgan fingerprint density at radius 3 is 2.48 bits per heavy atom. The van der Waals surface area contributed by atoms with Gasteiger partial charge in [0.05, 0.1) is 6.26 Å². The molecule has 0 saturated heterocycles. The molecule has 3 aromatic rings. The van der Waals surface area contributed by atoms with Crippen LogP contribution >= 0.6 is 0 Å². The summed E-state index contributed by atoms with van der Waals surface area (Å²) in [5, 5.41) is 0. The first-order chi connectivity index (χ1) is 13.8. The third kappa shape index (κ3) is 3.73. The number of nitrogens with zero attached hydrogens (tertiary/aromatic N) is 1. The second-order valence-corrected chi connectivity index (χ2v) is 8.21.